The molecule has 1 aliphatic carbocycles. The Bertz CT molecular complexity index is 491. The maximum atomic E-state index is 11.9. The number of nitrogens with zero attached hydrogens (tertiary/aromatic N) is 2. The molecule has 6 nitrogen and oxygen atoms in total. The van der Waals surface area contributed by atoms with Gasteiger partial charge in [-0.3, -0.25) is 9.79 Å². The molecule has 23 heavy (non-hydrogen) atoms. The van der Waals surface area contributed by atoms with E-state index in [1.165, 1.54) is 7.11 Å². The second-order valence-corrected chi connectivity index (χ2v) is 7.62. The van der Waals surface area contributed by atoms with Gasteiger partial charge in [0, 0.05) is 38.7 Å². The fourth-order valence-corrected chi connectivity index (χ4v) is 3.77. The van der Waals surface area contributed by atoms with Crippen LogP contribution in [0.1, 0.15) is 34.1 Å². The molecule has 1 aliphatic heterocycles. The Morgan fingerprint density at radius 2 is 1.91 bits per heavy atom. The number of carbonyl (C=O) groups is 1. The summed E-state index contributed by atoms with van der Waals surface area (Å²) >= 11 is 0. The number of hydrogen-bond donors (Lipinski definition) is 1. The minimum Gasteiger partial charge on any atom is -0.469 e. The number of aliphatic imine (C=N–C) groups is 1. The number of carbonyl (C=O) groups excluding carboxylic acids is 1. The molecule has 1 saturated heterocycles. The fourth-order valence-electron chi connectivity index (χ4n) is 3.77. The summed E-state index contributed by atoms with van der Waals surface area (Å²) in [5.74, 6) is 0.905. The highest BCUT2D eigenvalue weighted by atomic mass is 16.5. The van der Waals surface area contributed by atoms with Gasteiger partial charge < -0.3 is 19.7 Å². The van der Waals surface area contributed by atoms with Gasteiger partial charge in [-0.05, 0) is 19.3 Å². The molecule has 0 aromatic heterocycles. The first-order chi connectivity index (χ1) is 10.7. The lowest BCUT2D eigenvalue weighted by atomic mass is 9.56. The lowest BCUT2D eigenvalue weighted by molar-refractivity contribution is -0.176. The van der Waals surface area contributed by atoms with Crippen molar-refractivity contribution in [2.45, 2.75) is 45.8 Å². The predicted octanol–water partition coefficient (Wildman–Crippen LogP) is 1.51. The number of hydrogen-bond acceptors (Lipinski definition) is 4. The number of likely N-dealkylation sites (tertiary alicyclic amines) is 1. The first-order valence-electron chi connectivity index (χ1n) is 8.31. The first-order valence-corrected chi connectivity index (χ1v) is 8.31. The van der Waals surface area contributed by atoms with Gasteiger partial charge in [0.25, 0.3) is 0 Å². The largest absolute Gasteiger partial charge is 0.469 e. The van der Waals surface area contributed by atoms with Crippen LogP contribution in [0.4, 0.5) is 0 Å². The van der Waals surface area contributed by atoms with Crippen LogP contribution >= 0.6 is 0 Å². The molecule has 0 aromatic carbocycles. The molecule has 0 spiro atoms. The molecule has 0 amide bonds. The molecule has 2 aliphatic rings. The van der Waals surface area contributed by atoms with Gasteiger partial charge in [-0.1, -0.05) is 20.8 Å². The highest BCUT2D eigenvalue weighted by Gasteiger charge is 2.58. The van der Waals surface area contributed by atoms with Crippen LogP contribution < -0.4 is 5.32 Å². The fraction of sp³-hybridized carbons (Fsp3) is 0.882. The van der Waals surface area contributed by atoms with Crippen molar-refractivity contribution < 1.29 is 14.3 Å². The molecule has 1 N–H and O–H groups in total. The van der Waals surface area contributed by atoms with Gasteiger partial charge in [0.1, 0.15) is 0 Å². The molecule has 4 atom stereocenters. The minimum absolute atomic E-state index is 0.0186. The Hall–Kier alpha value is -1.30. The second kappa shape index (κ2) is 6.30. The highest BCUT2D eigenvalue weighted by molar-refractivity contribution is 5.82. The molecule has 0 radical (unpaired) electrons. The van der Waals surface area contributed by atoms with Gasteiger partial charge in [-0.25, -0.2) is 0 Å². The minimum atomic E-state index is -0.133. The molecule has 132 valence electrons. The lowest BCUT2D eigenvalue weighted by Gasteiger charge is -2.59. The SMILES string of the molecule is CN=C(NC1CC(C)(OC)C1(C)C)N1CC(C)C(C(=O)OC)C1. The van der Waals surface area contributed by atoms with Crippen LogP contribution in [0.2, 0.25) is 0 Å². The number of rotatable bonds is 3. The first kappa shape index (κ1) is 18.0. The summed E-state index contributed by atoms with van der Waals surface area (Å²) in [4.78, 5) is 18.5. The molecular formula is C17H31N3O3. The van der Waals surface area contributed by atoms with Crippen molar-refractivity contribution in [3.63, 3.8) is 0 Å². The molecule has 1 saturated carbocycles. The Morgan fingerprint density at radius 1 is 1.26 bits per heavy atom. The van der Waals surface area contributed by atoms with E-state index in [-0.39, 0.29) is 28.8 Å². The topological polar surface area (TPSA) is 63.2 Å². The summed E-state index contributed by atoms with van der Waals surface area (Å²) in [5, 5.41) is 3.57. The Morgan fingerprint density at radius 3 is 2.39 bits per heavy atom. The number of methoxy groups -OCH3 is 2. The average Bonchev–Trinajstić information content (AvgIpc) is 2.91. The van der Waals surface area contributed by atoms with Crippen LogP contribution in [0, 0.1) is 17.3 Å². The van der Waals surface area contributed by atoms with Crippen LogP contribution in [0.5, 0.6) is 0 Å². The van der Waals surface area contributed by atoms with E-state index in [0.29, 0.717) is 12.6 Å². The number of guanidine groups is 1. The summed E-state index contributed by atoms with van der Waals surface area (Å²) in [6, 6.07) is 0.304. The van der Waals surface area contributed by atoms with Gasteiger partial charge >= 0.3 is 5.97 Å². The molecule has 2 fully saturated rings. The van der Waals surface area contributed by atoms with Crippen LogP contribution in [0.15, 0.2) is 4.99 Å². The Balaban J connectivity index is 2.02. The van der Waals surface area contributed by atoms with E-state index in [2.05, 4.69) is 42.9 Å². The van der Waals surface area contributed by atoms with E-state index in [4.69, 9.17) is 9.47 Å². The summed E-state index contributed by atoms with van der Waals surface area (Å²) in [6.45, 7) is 10.1. The zero-order valence-corrected chi connectivity index (χ0v) is 15.5. The highest BCUT2D eigenvalue weighted by Crippen LogP contribution is 2.51. The van der Waals surface area contributed by atoms with Crippen molar-refractivity contribution in [1.29, 1.82) is 0 Å². The standard InChI is InChI=1S/C17H31N3O3/c1-11-9-20(10-12(11)14(21)22-6)15(18-5)19-13-8-17(4,23-7)16(13,2)3/h11-13H,8-10H2,1-7H3,(H,18,19). The van der Waals surface area contributed by atoms with E-state index < -0.39 is 0 Å². The third kappa shape index (κ3) is 2.93. The molecule has 0 aromatic rings. The Labute approximate surface area is 139 Å². The van der Waals surface area contributed by atoms with Crippen LogP contribution in [-0.2, 0) is 14.3 Å². The number of esters is 1. The zero-order chi connectivity index (χ0) is 17.4. The summed E-state index contributed by atoms with van der Waals surface area (Å²) in [7, 11) is 5.02. The molecule has 6 heteroatoms. The Kier molecular flexibility index (Phi) is 4.95. The van der Waals surface area contributed by atoms with E-state index in [1.54, 1.807) is 14.2 Å². The van der Waals surface area contributed by atoms with Crippen molar-refractivity contribution >= 4 is 11.9 Å². The average molecular weight is 325 g/mol. The van der Waals surface area contributed by atoms with E-state index in [1.807, 2.05) is 0 Å². The molecule has 2 rings (SSSR count). The quantitative estimate of drug-likeness (QED) is 0.484. The predicted molar refractivity (Wildman–Crippen MR) is 90.3 cm³/mol. The van der Waals surface area contributed by atoms with Gasteiger partial charge in [-0.2, -0.15) is 0 Å². The van der Waals surface area contributed by atoms with Crippen LogP contribution in [-0.4, -0.2) is 62.8 Å². The van der Waals surface area contributed by atoms with Crippen molar-refractivity contribution in [1.82, 2.24) is 10.2 Å². The van der Waals surface area contributed by atoms with Gasteiger partial charge in [0.2, 0.25) is 0 Å². The molecule has 1 heterocycles. The van der Waals surface area contributed by atoms with Crippen LogP contribution in [0.3, 0.4) is 0 Å². The van der Waals surface area contributed by atoms with Crippen LogP contribution in [0.25, 0.3) is 0 Å². The summed E-state index contributed by atoms with van der Waals surface area (Å²) in [5.41, 5.74) is -0.0961. The van der Waals surface area contributed by atoms with Gasteiger partial charge in [-0.15, -0.1) is 0 Å². The third-order valence-corrected chi connectivity index (χ3v) is 6.21. The van der Waals surface area contributed by atoms with E-state index >= 15 is 0 Å². The van der Waals surface area contributed by atoms with Crippen molar-refractivity contribution in [2.24, 2.45) is 22.2 Å². The number of ether oxygens (including phenoxy) is 2. The van der Waals surface area contributed by atoms with Crippen molar-refractivity contribution in [3.05, 3.63) is 0 Å². The summed E-state index contributed by atoms with van der Waals surface area (Å²) < 4.78 is 10.6. The van der Waals surface area contributed by atoms with E-state index in [9.17, 15) is 4.79 Å². The normalized spacial score (nSPS) is 36.6. The molecule has 0 bridgehead atoms. The number of nitrogens with one attached hydrogen (secondary N) is 1. The molecular weight excluding hydrogens is 294 g/mol. The monoisotopic (exact) mass is 325 g/mol. The maximum Gasteiger partial charge on any atom is 0.310 e. The zero-order valence-electron chi connectivity index (χ0n) is 15.5. The summed E-state index contributed by atoms with van der Waals surface area (Å²) in [6.07, 6.45) is 0.944. The van der Waals surface area contributed by atoms with Gasteiger partial charge in [0.15, 0.2) is 5.96 Å². The maximum absolute atomic E-state index is 11.9. The van der Waals surface area contributed by atoms with Gasteiger partial charge in [0.05, 0.1) is 18.6 Å². The van der Waals surface area contributed by atoms with Crippen molar-refractivity contribution in [2.75, 3.05) is 34.4 Å². The second-order valence-electron chi connectivity index (χ2n) is 7.62. The van der Waals surface area contributed by atoms with E-state index in [0.717, 1.165) is 18.9 Å². The molecule has 4 unspecified atom stereocenters. The van der Waals surface area contributed by atoms with Crippen molar-refractivity contribution in [3.8, 4) is 0 Å². The third-order valence-electron chi connectivity index (χ3n) is 6.21. The lowest BCUT2D eigenvalue weighted by Crippen LogP contribution is -2.69. The smallest absolute Gasteiger partial charge is 0.310 e.